The lowest BCUT2D eigenvalue weighted by Crippen LogP contribution is -2.47. The number of likely N-dealkylation sites (N-methyl/N-ethyl adjacent to an activating group) is 1. The molecule has 146 valence electrons. The van der Waals surface area contributed by atoms with Gasteiger partial charge in [-0.2, -0.15) is 0 Å². The summed E-state index contributed by atoms with van der Waals surface area (Å²) in [6.07, 6.45) is 0.943. The van der Waals surface area contributed by atoms with Crippen LogP contribution < -0.4 is 5.32 Å². The third-order valence-corrected chi connectivity index (χ3v) is 5.56. The molecule has 1 aromatic heterocycles. The van der Waals surface area contributed by atoms with Crippen molar-refractivity contribution in [1.29, 1.82) is 0 Å². The summed E-state index contributed by atoms with van der Waals surface area (Å²) in [5, 5.41) is 4.12. The number of benzene rings is 2. The molecule has 0 bridgehead atoms. The first-order chi connectivity index (χ1) is 13.7. The summed E-state index contributed by atoms with van der Waals surface area (Å²) in [7, 11) is 2.19. The summed E-state index contributed by atoms with van der Waals surface area (Å²) >= 11 is 0. The molecule has 0 aliphatic carbocycles. The highest BCUT2D eigenvalue weighted by Gasteiger charge is 2.25. The van der Waals surface area contributed by atoms with Crippen LogP contribution in [0.25, 0.3) is 10.9 Å². The molecule has 0 radical (unpaired) electrons. The molecule has 2 heterocycles. The first-order valence-corrected chi connectivity index (χ1v) is 10.0. The second-order valence-electron chi connectivity index (χ2n) is 7.60. The Morgan fingerprint density at radius 3 is 2.71 bits per heavy atom. The minimum Gasteiger partial charge on any atom is -0.351 e. The number of piperazine rings is 1. The molecule has 5 nitrogen and oxygen atoms in total. The number of aromatic amines is 1. The Hall–Kier alpha value is -2.63. The largest absolute Gasteiger partial charge is 0.351 e. The van der Waals surface area contributed by atoms with Crippen LogP contribution in [0.1, 0.15) is 28.5 Å². The lowest BCUT2D eigenvalue weighted by molar-refractivity contribution is 0.0864. The van der Waals surface area contributed by atoms with Gasteiger partial charge in [-0.25, -0.2) is 0 Å². The number of para-hydroxylation sites is 1. The zero-order valence-electron chi connectivity index (χ0n) is 16.4. The number of amides is 1. The fourth-order valence-electron chi connectivity index (χ4n) is 3.99. The van der Waals surface area contributed by atoms with Gasteiger partial charge in [-0.3, -0.25) is 9.69 Å². The van der Waals surface area contributed by atoms with E-state index >= 15 is 0 Å². The van der Waals surface area contributed by atoms with Crippen LogP contribution in [0.3, 0.4) is 0 Å². The van der Waals surface area contributed by atoms with Crippen molar-refractivity contribution in [2.24, 2.45) is 0 Å². The monoisotopic (exact) mass is 376 g/mol. The van der Waals surface area contributed by atoms with E-state index in [4.69, 9.17) is 0 Å². The summed E-state index contributed by atoms with van der Waals surface area (Å²) in [6.45, 7) is 4.87. The van der Waals surface area contributed by atoms with Crippen molar-refractivity contribution in [2.75, 3.05) is 39.8 Å². The Kier molecular flexibility index (Phi) is 5.74. The Morgan fingerprint density at radius 1 is 1.11 bits per heavy atom. The molecule has 1 fully saturated rings. The molecule has 3 aromatic rings. The fraction of sp³-hybridized carbons (Fsp3) is 0.348. The molecule has 0 spiro atoms. The number of hydrogen-bond acceptors (Lipinski definition) is 3. The van der Waals surface area contributed by atoms with Crippen molar-refractivity contribution in [3.63, 3.8) is 0 Å². The zero-order valence-corrected chi connectivity index (χ0v) is 16.4. The zero-order chi connectivity index (χ0) is 19.3. The number of nitrogens with zero attached hydrogens (tertiary/aromatic N) is 2. The summed E-state index contributed by atoms with van der Waals surface area (Å²) in [6, 6.07) is 21.0. The van der Waals surface area contributed by atoms with Gasteiger partial charge in [-0.1, -0.05) is 48.5 Å². The summed E-state index contributed by atoms with van der Waals surface area (Å²) < 4.78 is 0. The molecule has 1 aliphatic heterocycles. The molecule has 4 rings (SSSR count). The number of nitrogens with one attached hydrogen (secondary N) is 2. The van der Waals surface area contributed by atoms with Gasteiger partial charge in [0.25, 0.3) is 5.91 Å². The van der Waals surface area contributed by atoms with E-state index < -0.39 is 0 Å². The van der Waals surface area contributed by atoms with Crippen LogP contribution in [0, 0.1) is 0 Å². The van der Waals surface area contributed by atoms with E-state index in [1.54, 1.807) is 0 Å². The van der Waals surface area contributed by atoms with Gasteiger partial charge in [0, 0.05) is 49.7 Å². The van der Waals surface area contributed by atoms with E-state index in [1.165, 1.54) is 5.56 Å². The summed E-state index contributed by atoms with van der Waals surface area (Å²) in [5.74, 6) is -0.0332. The van der Waals surface area contributed by atoms with E-state index in [-0.39, 0.29) is 5.91 Å². The van der Waals surface area contributed by atoms with E-state index in [1.807, 2.05) is 30.3 Å². The smallest absolute Gasteiger partial charge is 0.267 e. The highest BCUT2D eigenvalue weighted by Crippen LogP contribution is 2.24. The average molecular weight is 377 g/mol. The van der Waals surface area contributed by atoms with E-state index in [0.717, 1.165) is 43.5 Å². The van der Waals surface area contributed by atoms with Gasteiger partial charge in [0.15, 0.2) is 0 Å². The highest BCUT2D eigenvalue weighted by atomic mass is 16.1. The standard InChI is InChI=1S/C23H28N4O/c1-26-14-15-27(22(17-26)18-8-3-2-4-9-18)13-7-12-24-23(28)21-16-19-10-5-6-11-20(19)25-21/h2-6,8-11,16,22,25H,7,12-15,17H2,1H3,(H,24,28). The van der Waals surface area contributed by atoms with Crippen LogP contribution in [-0.4, -0.2) is 60.5 Å². The SMILES string of the molecule is CN1CCN(CCCNC(=O)c2cc3ccccc3[nH]2)C(c2ccccc2)C1. The molecule has 1 amide bonds. The number of fused-ring (bicyclic) bond motifs is 1. The second kappa shape index (κ2) is 8.59. The molecule has 0 saturated carbocycles. The number of H-pyrrole nitrogens is 1. The van der Waals surface area contributed by atoms with E-state index in [0.29, 0.717) is 18.3 Å². The van der Waals surface area contributed by atoms with Crippen molar-refractivity contribution in [3.8, 4) is 0 Å². The van der Waals surface area contributed by atoms with Gasteiger partial charge >= 0.3 is 0 Å². The van der Waals surface area contributed by atoms with Gasteiger partial charge in [-0.15, -0.1) is 0 Å². The number of rotatable bonds is 6. The van der Waals surface area contributed by atoms with Gasteiger partial charge in [0.1, 0.15) is 5.69 Å². The minimum atomic E-state index is -0.0332. The van der Waals surface area contributed by atoms with Crippen LogP contribution in [0.15, 0.2) is 60.7 Å². The predicted molar refractivity (Wildman–Crippen MR) is 114 cm³/mol. The molecule has 1 unspecified atom stereocenters. The normalized spacial score (nSPS) is 18.4. The Bertz CT molecular complexity index is 888. The maximum absolute atomic E-state index is 12.4. The molecular formula is C23H28N4O. The Labute approximate surface area is 166 Å². The van der Waals surface area contributed by atoms with Crippen molar-refractivity contribution in [1.82, 2.24) is 20.1 Å². The summed E-state index contributed by atoms with van der Waals surface area (Å²) in [5.41, 5.74) is 3.00. The lowest BCUT2D eigenvalue weighted by Gasteiger charge is -2.40. The third kappa shape index (κ3) is 4.26. The topological polar surface area (TPSA) is 51.4 Å². The summed E-state index contributed by atoms with van der Waals surface area (Å²) in [4.78, 5) is 20.6. The molecule has 5 heteroatoms. The minimum absolute atomic E-state index is 0.0332. The third-order valence-electron chi connectivity index (χ3n) is 5.56. The fourth-order valence-corrected chi connectivity index (χ4v) is 3.99. The van der Waals surface area contributed by atoms with Gasteiger partial charge in [0.05, 0.1) is 0 Å². The second-order valence-corrected chi connectivity index (χ2v) is 7.60. The molecule has 2 N–H and O–H groups in total. The first-order valence-electron chi connectivity index (χ1n) is 10.0. The number of aromatic nitrogens is 1. The number of carbonyl (C=O) groups excluding carboxylic acids is 1. The van der Waals surface area contributed by atoms with Crippen molar-refractivity contribution >= 4 is 16.8 Å². The Balaban J connectivity index is 1.30. The van der Waals surface area contributed by atoms with Crippen LogP contribution in [-0.2, 0) is 0 Å². The van der Waals surface area contributed by atoms with Gasteiger partial charge in [-0.05, 0) is 31.2 Å². The maximum atomic E-state index is 12.4. The van der Waals surface area contributed by atoms with Crippen LogP contribution in [0.2, 0.25) is 0 Å². The van der Waals surface area contributed by atoms with Crippen molar-refractivity contribution in [2.45, 2.75) is 12.5 Å². The van der Waals surface area contributed by atoms with Crippen molar-refractivity contribution < 1.29 is 4.79 Å². The number of carbonyl (C=O) groups is 1. The predicted octanol–water partition coefficient (Wildman–Crippen LogP) is 3.28. The first kappa shape index (κ1) is 18.7. The quantitative estimate of drug-likeness (QED) is 0.649. The van der Waals surface area contributed by atoms with Crippen molar-refractivity contribution in [3.05, 3.63) is 71.9 Å². The van der Waals surface area contributed by atoms with Crippen LogP contribution >= 0.6 is 0 Å². The molecule has 28 heavy (non-hydrogen) atoms. The van der Waals surface area contributed by atoms with Crippen LogP contribution in [0.5, 0.6) is 0 Å². The highest BCUT2D eigenvalue weighted by molar-refractivity contribution is 5.97. The molecular weight excluding hydrogens is 348 g/mol. The maximum Gasteiger partial charge on any atom is 0.267 e. The van der Waals surface area contributed by atoms with Gasteiger partial charge < -0.3 is 15.2 Å². The van der Waals surface area contributed by atoms with Gasteiger partial charge in [0.2, 0.25) is 0 Å². The molecule has 1 aliphatic rings. The molecule has 1 atom stereocenters. The lowest BCUT2D eigenvalue weighted by atomic mass is 10.0. The Morgan fingerprint density at radius 2 is 1.89 bits per heavy atom. The van der Waals surface area contributed by atoms with Crippen LogP contribution in [0.4, 0.5) is 0 Å². The van der Waals surface area contributed by atoms with E-state index in [2.05, 4.69) is 57.5 Å². The van der Waals surface area contributed by atoms with E-state index in [9.17, 15) is 4.79 Å². The molecule has 2 aromatic carbocycles. The number of hydrogen-bond donors (Lipinski definition) is 2. The molecule has 1 saturated heterocycles. The average Bonchev–Trinajstić information content (AvgIpc) is 3.17.